The number of nitrogen functional groups attached to an aromatic ring is 1. The molecule has 1 aromatic rings. The molecule has 2 N–H and O–H groups in total. The number of hydrogen-bond donors (Lipinski definition) is 1. The smallest absolute Gasteiger partial charge is 0.149 e. The lowest BCUT2D eigenvalue weighted by molar-refractivity contribution is 0.297. The average Bonchev–Trinajstić information content (AvgIpc) is 2.99. The molecule has 2 aliphatic rings. The Kier molecular flexibility index (Phi) is 1.63. The number of nitrogens with two attached hydrogens (primary N) is 1. The Hall–Kier alpha value is -1.32. The number of nitrogens with zero attached hydrogens (tertiary/aromatic N) is 2. The zero-order valence-corrected chi connectivity index (χ0v) is 7.94. The summed E-state index contributed by atoms with van der Waals surface area (Å²) >= 11 is 0. The fourth-order valence-electron chi connectivity index (χ4n) is 1.50. The largest absolute Gasteiger partial charge is 0.488 e. The van der Waals surface area contributed by atoms with Gasteiger partial charge >= 0.3 is 0 Å². The fourth-order valence-corrected chi connectivity index (χ4v) is 1.50. The van der Waals surface area contributed by atoms with Crippen LogP contribution in [-0.2, 0) is 0 Å². The van der Waals surface area contributed by atoms with Crippen LogP contribution in [0.3, 0.4) is 0 Å². The molecule has 1 heterocycles. The normalized spacial score (nSPS) is 20.9. The third-order valence-corrected chi connectivity index (χ3v) is 2.59. The molecule has 0 unspecified atom stereocenters. The Morgan fingerprint density at radius 1 is 1.21 bits per heavy atom. The SMILES string of the molecule is Nc1cc(OC2CC2)c(C2CC2)nn1. The van der Waals surface area contributed by atoms with Crippen LogP contribution in [0.5, 0.6) is 5.75 Å². The Balaban J connectivity index is 1.90. The Bertz CT molecular complexity index is 358. The number of anilines is 1. The molecule has 0 spiro atoms. The van der Waals surface area contributed by atoms with Crippen LogP contribution >= 0.6 is 0 Å². The van der Waals surface area contributed by atoms with Crippen LogP contribution in [0.4, 0.5) is 5.82 Å². The number of ether oxygens (including phenoxy) is 1. The third kappa shape index (κ3) is 1.52. The minimum Gasteiger partial charge on any atom is -0.488 e. The van der Waals surface area contributed by atoms with E-state index in [9.17, 15) is 0 Å². The topological polar surface area (TPSA) is 61.0 Å². The van der Waals surface area contributed by atoms with Crippen molar-refractivity contribution in [2.24, 2.45) is 0 Å². The summed E-state index contributed by atoms with van der Waals surface area (Å²) in [4.78, 5) is 0. The van der Waals surface area contributed by atoms with E-state index >= 15 is 0 Å². The van der Waals surface area contributed by atoms with Crippen molar-refractivity contribution in [2.45, 2.75) is 37.7 Å². The van der Waals surface area contributed by atoms with E-state index in [2.05, 4.69) is 10.2 Å². The van der Waals surface area contributed by atoms with Gasteiger partial charge in [-0.15, -0.1) is 10.2 Å². The molecule has 0 amide bonds. The predicted octanol–water partition coefficient (Wildman–Crippen LogP) is 1.48. The first-order chi connectivity index (χ1) is 6.83. The molecule has 14 heavy (non-hydrogen) atoms. The van der Waals surface area contributed by atoms with Gasteiger partial charge in [0.1, 0.15) is 17.3 Å². The third-order valence-electron chi connectivity index (χ3n) is 2.59. The molecule has 0 radical (unpaired) electrons. The van der Waals surface area contributed by atoms with E-state index in [0.29, 0.717) is 17.8 Å². The second-order valence-corrected chi connectivity index (χ2v) is 4.11. The van der Waals surface area contributed by atoms with Crippen LogP contribution in [0.1, 0.15) is 37.3 Å². The van der Waals surface area contributed by atoms with E-state index in [1.54, 1.807) is 6.07 Å². The van der Waals surface area contributed by atoms with E-state index in [0.717, 1.165) is 24.3 Å². The van der Waals surface area contributed by atoms with Crippen molar-refractivity contribution in [1.82, 2.24) is 10.2 Å². The van der Waals surface area contributed by atoms with Crippen molar-refractivity contribution in [3.63, 3.8) is 0 Å². The first-order valence-corrected chi connectivity index (χ1v) is 5.12. The number of hydrogen-bond acceptors (Lipinski definition) is 4. The van der Waals surface area contributed by atoms with Gasteiger partial charge in [-0.1, -0.05) is 0 Å². The van der Waals surface area contributed by atoms with Crippen molar-refractivity contribution in [3.8, 4) is 5.75 Å². The van der Waals surface area contributed by atoms with E-state index in [4.69, 9.17) is 10.5 Å². The molecule has 2 aliphatic carbocycles. The summed E-state index contributed by atoms with van der Waals surface area (Å²) in [7, 11) is 0. The second-order valence-electron chi connectivity index (χ2n) is 4.11. The van der Waals surface area contributed by atoms with Gasteiger partial charge in [0.05, 0.1) is 6.10 Å². The molecule has 2 fully saturated rings. The molecular weight excluding hydrogens is 178 g/mol. The molecule has 3 rings (SSSR count). The van der Waals surface area contributed by atoms with E-state index in [1.165, 1.54) is 12.8 Å². The summed E-state index contributed by atoms with van der Waals surface area (Å²) in [5, 5.41) is 8.00. The van der Waals surface area contributed by atoms with Crippen molar-refractivity contribution >= 4 is 5.82 Å². The monoisotopic (exact) mass is 191 g/mol. The second kappa shape index (κ2) is 2.83. The van der Waals surface area contributed by atoms with E-state index in [1.807, 2.05) is 0 Å². The lowest BCUT2D eigenvalue weighted by Gasteiger charge is -2.08. The lowest BCUT2D eigenvalue weighted by atomic mass is 10.2. The average molecular weight is 191 g/mol. The maximum Gasteiger partial charge on any atom is 0.149 e. The van der Waals surface area contributed by atoms with E-state index < -0.39 is 0 Å². The highest BCUT2D eigenvalue weighted by atomic mass is 16.5. The van der Waals surface area contributed by atoms with Gasteiger partial charge in [0.2, 0.25) is 0 Å². The highest BCUT2D eigenvalue weighted by molar-refractivity contribution is 5.41. The maximum absolute atomic E-state index is 5.76. The van der Waals surface area contributed by atoms with Crippen molar-refractivity contribution in [2.75, 3.05) is 5.73 Å². The molecule has 0 saturated heterocycles. The van der Waals surface area contributed by atoms with Crippen LogP contribution < -0.4 is 10.5 Å². The standard InChI is InChI=1S/C10H13N3O/c11-9-5-8(14-7-3-4-7)10(13-12-9)6-1-2-6/h5-7H,1-4H2,(H2,11,12). The van der Waals surface area contributed by atoms with Crippen LogP contribution in [0.15, 0.2) is 6.07 Å². The van der Waals surface area contributed by atoms with Crippen LogP contribution in [0.25, 0.3) is 0 Å². The van der Waals surface area contributed by atoms with Crippen LogP contribution in [-0.4, -0.2) is 16.3 Å². The van der Waals surface area contributed by atoms with Crippen molar-refractivity contribution < 1.29 is 4.74 Å². The molecule has 0 bridgehead atoms. The highest BCUT2D eigenvalue weighted by Gasteiger charge is 2.32. The van der Waals surface area contributed by atoms with Gasteiger partial charge in [0, 0.05) is 12.0 Å². The fraction of sp³-hybridized carbons (Fsp3) is 0.600. The summed E-state index contributed by atoms with van der Waals surface area (Å²) in [6, 6.07) is 1.80. The molecule has 2 saturated carbocycles. The Labute approximate surface area is 82.5 Å². The van der Waals surface area contributed by atoms with Gasteiger partial charge in [0.25, 0.3) is 0 Å². The van der Waals surface area contributed by atoms with Crippen LogP contribution in [0.2, 0.25) is 0 Å². The maximum atomic E-state index is 5.76. The van der Waals surface area contributed by atoms with Gasteiger partial charge in [-0.05, 0) is 25.7 Å². The molecule has 0 aromatic carbocycles. The lowest BCUT2D eigenvalue weighted by Crippen LogP contribution is -2.04. The predicted molar refractivity (Wildman–Crippen MR) is 52.1 cm³/mol. The summed E-state index contributed by atoms with van der Waals surface area (Å²) in [6.07, 6.45) is 5.13. The van der Waals surface area contributed by atoms with Gasteiger partial charge in [0.15, 0.2) is 0 Å². The first kappa shape index (κ1) is 8.03. The van der Waals surface area contributed by atoms with Gasteiger partial charge < -0.3 is 10.5 Å². The molecule has 0 atom stereocenters. The molecule has 4 heteroatoms. The Morgan fingerprint density at radius 2 is 2.00 bits per heavy atom. The zero-order chi connectivity index (χ0) is 9.54. The minimum absolute atomic E-state index is 0.399. The Morgan fingerprint density at radius 3 is 2.64 bits per heavy atom. The quantitative estimate of drug-likeness (QED) is 0.786. The van der Waals surface area contributed by atoms with Gasteiger partial charge in [-0.25, -0.2) is 0 Å². The summed E-state index contributed by atoms with van der Waals surface area (Å²) in [5.41, 5.74) is 6.60. The van der Waals surface area contributed by atoms with Crippen LogP contribution in [0, 0.1) is 0 Å². The zero-order valence-electron chi connectivity index (χ0n) is 7.94. The van der Waals surface area contributed by atoms with Crippen molar-refractivity contribution in [3.05, 3.63) is 11.8 Å². The number of aromatic nitrogens is 2. The minimum atomic E-state index is 0.399. The van der Waals surface area contributed by atoms with E-state index in [-0.39, 0.29) is 0 Å². The van der Waals surface area contributed by atoms with Gasteiger partial charge in [-0.2, -0.15) is 0 Å². The summed E-state index contributed by atoms with van der Waals surface area (Å²) in [6.45, 7) is 0. The molecule has 74 valence electrons. The molecule has 1 aromatic heterocycles. The summed E-state index contributed by atoms with van der Waals surface area (Å²) in [5.74, 6) is 1.88. The molecule has 4 nitrogen and oxygen atoms in total. The molecule has 0 aliphatic heterocycles. The molecular formula is C10H13N3O. The first-order valence-electron chi connectivity index (χ1n) is 5.12. The number of rotatable bonds is 3. The van der Waals surface area contributed by atoms with Crippen molar-refractivity contribution in [1.29, 1.82) is 0 Å². The summed E-state index contributed by atoms with van der Waals surface area (Å²) < 4.78 is 5.76. The highest BCUT2D eigenvalue weighted by Crippen LogP contribution is 2.44. The van der Waals surface area contributed by atoms with Gasteiger partial charge in [-0.3, -0.25) is 0 Å².